The summed E-state index contributed by atoms with van der Waals surface area (Å²) in [5.74, 6) is 0.941. The molecule has 1 unspecified atom stereocenters. The van der Waals surface area contributed by atoms with Crippen molar-refractivity contribution in [2.24, 2.45) is 0 Å². The number of nitrogens with one attached hydrogen (secondary N) is 1. The predicted octanol–water partition coefficient (Wildman–Crippen LogP) is 4.76. The molecule has 1 heterocycles. The maximum absolute atomic E-state index is 5.97. The zero-order valence-corrected chi connectivity index (χ0v) is 13.6. The SMILES string of the molecule is CCNC(C)c1ccc(Br)cc1OCc1cccs1. The number of ether oxygens (including phenoxy) is 1. The van der Waals surface area contributed by atoms with Gasteiger partial charge in [-0.15, -0.1) is 11.3 Å². The van der Waals surface area contributed by atoms with E-state index < -0.39 is 0 Å². The van der Waals surface area contributed by atoms with Crippen molar-refractivity contribution < 1.29 is 4.74 Å². The lowest BCUT2D eigenvalue weighted by atomic mass is 10.1. The molecule has 19 heavy (non-hydrogen) atoms. The quantitative estimate of drug-likeness (QED) is 0.819. The standard InChI is InChI=1S/C15H18BrNOS/c1-3-17-11(2)14-7-6-12(16)9-15(14)18-10-13-5-4-8-19-13/h4-9,11,17H,3,10H2,1-2H3. The van der Waals surface area contributed by atoms with E-state index in [0.717, 1.165) is 16.8 Å². The molecule has 2 rings (SSSR count). The number of hydrogen-bond acceptors (Lipinski definition) is 3. The first-order chi connectivity index (χ1) is 9.20. The van der Waals surface area contributed by atoms with Gasteiger partial charge in [0.05, 0.1) is 0 Å². The van der Waals surface area contributed by atoms with Crippen molar-refractivity contribution in [2.75, 3.05) is 6.54 Å². The molecule has 1 aromatic carbocycles. The summed E-state index contributed by atoms with van der Waals surface area (Å²) >= 11 is 5.22. The summed E-state index contributed by atoms with van der Waals surface area (Å²) < 4.78 is 7.01. The van der Waals surface area contributed by atoms with Crippen LogP contribution in [0.25, 0.3) is 0 Å². The van der Waals surface area contributed by atoms with Crippen LogP contribution in [0.1, 0.15) is 30.3 Å². The third kappa shape index (κ3) is 4.06. The maximum Gasteiger partial charge on any atom is 0.125 e. The van der Waals surface area contributed by atoms with Crippen molar-refractivity contribution >= 4 is 27.3 Å². The topological polar surface area (TPSA) is 21.3 Å². The molecule has 0 fully saturated rings. The van der Waals surface area contributed by atoms with Gasteiger partial charge in [0.25, 0.3) is 0 Å². The second-order valence-electron chi connectivity index (χ2n) is 4.33. The van der Waals surface area contributed by atoms with Crippen LogP contribution < -0.4 is 10.1 Å². The molecular formula is C15H18BrNOS. The summed E-state index contributed by atoms with van der Waals surface area (Å²) in [6.07, 6.45) is 0. The van der Waals surface area contributed by atoms with Crippen LogP contribution in [-0.2, 0) is 6.61 Å². The Hall–Kier alpha value is -0.840. The fraction of sp³-hybridized carbons (Fsp3) is 0.333. The number of hydrogen-bond donors (Lipinski definition) is 1. The summed E-state index contributed by atoms with van der Waals surface area (Å²) in [5, 5.41) is 5.49. The van der Waals surface area contributed by atoms with Gasteiger partial charge in [0.15, 0.2) is 0 Å². The Morgan fingerprint density at radius 3 is 2.89 bits per heavy atom. The molecule has 0 saturated heterocycles. The van der Waals surface area contributed by atoms with E-state index in [9.17, 15) is 0 Å². The molecule has 4 heteroatoms. The van der Waals surface area contributed by atoms with Crippen LogP contribution in [0.2, 0.25) is 0 Å². The lowest BCUT2D eigenvalue weighted by Crippen LogP contribution is -2.18. The van der Waals surface area contributed by atoms with Gasteiger partial charge in [-0.05, 0) is 37.0 Å². The van der Waals surface area contributed by atoms with E-state index in [1.807, 2.05) is 12.1 Å². The Labute approximate surface area is 126 Å². The van der Waals surface area contributed by atoms with E-state index in [1.54, 1.807) is 11.3 Å². The van der Waals surface area contributed by atoms with Crippen molar-refractivity contribution in [1.29, 1.82) is 0 Å². The van der Waals surface area contributed by atoms with Gasteiger partial charge in [-0.25, -0.2) is 0 Å². The van der Waals surface area contributed by atoms with E-state index in [0.29, 0.717) is 6.61 Å². The zero-order valence-electron chi connectivity index (χ0n) is 11.2. The van der Waals surface area contributed by atoms with Crippen LogP contribution in [0, 0.1) is 0 Å². The van der Waals surface area contributed by atoms with Gasteiger partial charge in [-0.2, -0.15) is 0 Å². The van der Waals surface area contributed by atoms with Gasteiger partial charge in [0.2, 0.25) is 0 Å². The van der Waals surface area contributed by atoms with Crippen molar-refractivity contribution in [2.45, 2.75) is 26.5 Å². The van der Waals surface area contributed by atoms with Crippen molar-refractivity contribution in [1.82, 2.24) is 5.32 Å². The molecular weight excluding hydrogens is 322 g/mol. The number of thiophene rings is 1. The molecule has 0 spiro atoms. The van der Waals surface area contributed by atoms with Crippen molar-refractivity contribution in [3.63, 3.8) is 0 Å². The monoisotopic (exact) mass is 339 g/mol. The Balaban J connectivity index is 2.14. The second kappa shape index (κ2) is 7.08. The molecule has 1 atom stereocenters. The second-order valence-corrected chi connectivity index (χ2v) is 6.28. The molecule has 2 aromatic rings. The summed E-state index contributed by atoms with van der Waals surface area (Å²) in [7, 11) is 0. The van der Waals surface area contributed by atoms with Crippen LogP contribution in [0.3, 0.4) is 0 Å². The highest BCUT2D eigenvalue weighted by Crippen LogP contribution is 2.29. The lowest BCUT2D eigenvalue weighted by Gasteiger charge is -2.17. The fourth-order valence-electron chi connectivity index (χ4n) is 1.95. The van der Waals surface area contributed by atoms with Gasteiger partial charge in [0.1, 0.15) is 12.4 Å². The summed E-state index contributed by atoms with van der Waals surface area (Å²) in [5.41, 5.74) is 1.20. The smallest absolute Gasteiger partial charge is 0.125 e. The minimum absolute atomic E-state index is 0.288. The number of rotatable bonds is 6. The molecule has 1 N–H and O–H groups in total. The predicted molar refractivity (Wildman–Crippen MR) is 84.9 cm³/mol. The molecule has 0 amide bonds. The highest BCUT2D eigenvalue weighted by atomic mass is 79.9. The Morgan fingerprint density at radius 1 is 1.37 bits per heavy atom. The van der Waals surface area contributed by atoms with Gasteiger partial charge >= 0.3 is 0 Å². The largest absolute Gasteiger partial charge is 0.488 e. The van der Waals surface area contributed by atoms with Crippen molar-refractivity contribution in [3.05, 3.63) is 50.6 Å². The highest BCUT2D eigenvalue weighted by Gasteiger charge is 2.11. The Morgan fingerprint density at radius 2 is 2.21 bits per heavy atom. The fourth-order valence-corrected chi connectivity index (χ4v) is 2.91. The third-order valence-electron chi connectivity index (χ3n) is 2.90. The first-order valence-corrected chi connectivity index (χ1v) is 8.06. The lowest BCUT2D eigenvalue weighted by molar-refractivity contribution is 0.303. The molecule has 0 aliphatic rings. The maximum atomic E-state index is 5.97. The Bertz CT molecular complexity index is 513. The van der Waals surface area contributed by atoms with Gasteiger partial charge < -0.3 is 10.1 Å². The molecule has 2 nitrogen and oxygen atoms in total. The first-order valence-electron chi connectivity index (χ1n) is 6.38. The van der Waals surface area contributed by atoms with E-state index in [2.05, 4.69) is 58.7 Å². The first kappa shape index (κ1) is 14.6. The minimum atomic E-state index is 0.288. The van der Waals surface area contributed by atoms with E-state index in [4.69, 9.17) is 4.74 Å². The average molecular weight is 340 g/mol. The van der Waals surface area contributed by atoms with Gasteiger partial charge in [-0.3, -0.25) is 0 Å². The zero-order chi connectivity index (χ0) is 13.7. The Kier molecular flexibility index (Phi) is 5.43. The van der Waals surface area contributed by atoms with E-state index in [1.165, 1.54) is 10.4 Å². The third-order valence-corrected chi connectivity index (χ3v) is 4.25. The molecule has 0 aliphatic carbocycles. The molecule has 1 aromatic heterocycles. The van der Waals surface area contributed by atoms with E-state index >= 15 is 0 Å². The molecule has 102 valence electrons. The van der Waals surface area contributed by atoms with Crippen LogP contribution in [0.4, 0.5) is 0 Å². The number of halogens is 1. The van der Waals surface area contributed by atoms with Crippen LogP contribution >= 0.6 is 27.3 Å². The summed E-state index contributed by atoms with van der Waals surface area (Å²) in [6.45, 7) is 5.84. The normalized spacial score (nSPS) is 12.4. The highest BCUT2D eigenvalue weighted by molar-refractivity contribution is 9.10. The van der Waals surface area contributed by atoms with Crippen LogP contribution in [0.15, 0.2) is 40.2 Å². The van der Waals surface area contributed by atoms with Crippen LogP contribution in [-0.4, -0.2) is 6.54 Å². The molecule has 0 aliphatic heterocycles. The molecule has 0 saturated carbocycles. The molecule has 0 radical (unpaired) electrons. The summed E-state index contributed by atoms with van der Waals surface area (Å²) in [4.78, 5) is 1.24. The van der Waals surface area contributed by atoms with Crippen molar-refractivity contribution in [3.8, 4) is 5.75 Å². The van der Waals surface area contributed by atoms with Gasteiger partial charge in [-0.1, -0.05) is 35.0 Å². The summed E-state index contributed by atoms with van der Waals surface area (Å²) in [6, 6.07) is 10.6. The van der Waals surface area contributed by atoms with Gasteiger partial charge in [0, 0.05) is 21.0 Å². The van der Waals surface area contributed by atoms with E-state index in [-0.39, 0.29) is 6.04 Å². The molecule has 0 bridgehead atoms. The van der Waals surface area contributed by atoms with Crippen LogP contribution in [0.5, 0.6) is 5.75 Å². The minimum Gasteiger partial charge on any atom is -0.488 e. The number of benzene rings is 1. The average Bonchev–Trinajstić information content (AvgIpc) is 2.89.